The lowest BCUT2D eigenvalue weighted by Crippen LogP contribution is -2.24. The fourth-order valence-corrected chi connectivity index (χ4v) is 2.42. The van der Waals surface area contributed by atoms with Crippen molar-refractivity contribution in [2.45, 2.75) is 13.8 Å². The highest BCUT2D eigenvalue weighted by molar-refractivity contribution is 5.90. The van der Waals surface area contributed by atoms with Crippen LogP contribution in [0.1, 0.15) is 22.5 Å². The summed E-state index contributed by atoms with van der Waals surface area (Å²) < 4.78 is 5.67. The van der Waals surface area contributed by atoms with Crippen LogP contribution in [-0.4, -0.2) is 12.2 Å². The standard InChI is InChI=1S/C21H18N4O2/c1-14-3-8-18(11-15(14)2)24-21(26)25-23-13-19-9-10-20(27-19)17-6-4-16(12-22)5-7-17/h3-11,13H,1-2H3,(H2,24,25,26)/b23-13+. The van der Waals surface area contributed by atoms with Crippen molar-refractivity contribution in [1.29, 1.82) is 5.26 Å². The topological polar surface area (TPSA) is 90.4 Å². The first-order valence-corrected chi connectivity index (χ1v) is 8.33. The minimum absolute atomic E-state index is 0.437. The Morgan fingerprint density at radius 2 is 1.85 bits per heavy atom. The van der Waals surface area contributed by atoms with Crippen molar-refractivity contribution in [3.8, 4) is 17.4 Å². The van der Waals surface area contributed by atoms with Crippen LogP contribution >= 0.6 is 0 Å². The monoisotopic (exact) mass is 358 g/mol. The molecule has 0 saturated heterocycles. The van der Waals surface area contributed by atoms with Crippen LogP contribution in [0.25, 0.3) is 11.3 Å². The van der Waals surface area contributed by atoms with Crippen LogP contribution in [-0.2, 0) is 0 Å². The zero-order valence-corrected chi connectivity index (χ0v) is 15.0. The number of benzene rings is 2. The number of nitriles is 1. The largest absolute Gasteiger partial charge is 0.455 e. The molecule has 2 amide bonds. The van der Waals surface area contributed by atoms with Crippen LogP contribution in [0.15, 0.2) is 64.1 Å². The Morgan fingerprint density at radius 3 is 2.56 bits per heavy atom. The minimum Gasteiger partial charge on any atom is -0.455 e. The van der Waals surface area contributed by atoms with E-state index >= 15 is 0 Å². The minimum atomic E-state index is -0.437. The van der Waals surface area contributed by atoms with E-state index in [0.717, 1.165) is 16.7 Å². The first kappa shape index (κ1) is 18.0. The van der Waals surface area contributed by atoms with E-state index in [4.69, 9.17) is 9.68 Å². The second-order valence-electron chi connectivity index (χ2n) is 6.01. The van der Waals surface area contributed by atoms with Gasteiger partial charge in [0.1, 0.15) is 11.5 Å². The van der Waals surface area contributed by atoms with E-state index in [2.05, 4.69) is 21.9 Å². The summed E-state index contributed by atoms with van der Waals surface area (Å²) >= 11 is 0. The number of hydrogen-bond donors (Lipinski definition) is 2. The predicted octanol–water partition coefficient (Wildman–Crippen LogP) is 4.59. The maximum atomic E-state index is 11.9. The summed E-state index contributed by atoms with van der Waals surface area (Å²) in [5.41, 5.74) is 6.81. The fraction of sp³-hybridized carbons (Fsp3) is 0.0952. The highest BCUT2D eigenvalue weighted by atomic mass is 16.3. The van der Waals surface area contributed by atoms with Gasteiger partial charge in [0.15, 0.2) is 0 Å². The van der Waals surface area contributed by atoms with Gasteiger partial charge in [0.25, 0.3) is 0 Å². The zero-order valence-electron chi connectivity index (χ0n) is 15.0. The molecule has 3 rings (SSSR count). The summed E-state index contributed by atoms with van der Waals surface area (Å²) in [6.45, 7) is 4.00. The van der Waals surface area contributed by atoms with Gasteiger partial charge >= 0.3 is 6.03 Å². The number of nitrogens with one attached hydrogen (secondary N) is 2. The quantitative estimate of drug-likeness (QED) is 0.528. The molecule has 6 heteroatoms. The molecule has 2 N–H and O–H groups in total. The van der Waals surface area contributed by atoms with Gasteiger partial charge in [-0.15, -0.1) is 0 Å². The van der Waals surface area contributed by atoms with Gasteiger partial charge in [-0.3, -0.25) is 0 Å². The second-order valence-corrected chi connectivity index (χ2v) is 6.01. The van der Waals surface area contributed by atoms with E-state index < -0.39 is 6.03 Å². The van der Waals surface area contributed by atoms with Gasteiger partial charge in [0.05, 0.1) is 17.8 Å². The Kier molecular flexibility index (Phi) is 5.33. The normalized spacial score (nSPS) is 10.6. The number of nitrogens with zero attached hydrogens (tertiary/aromatic N) is 2. The Morgan fingerprint density at radius 1 is 1.07 bits per heavy atom. The summed E-state index contributed by atoms with van der Waals surface area (Å²) in [7, 11) is 0. The van der Waals surface area contributed by atoms with Gasteiger partial charge in [-0.1, -0.05) is 6.07 Å². The highest BCUT2D eigenvalue weighted by Crippen LogP contribution is 2.21. The Labute approximate surface area is 157 Å². The molecule has 6 nitrogen and oxygen atoms in total. The van der Waals surface area contributed by atoms with Gasteiger partial charge in [-0.25, -0.2) is 10.2 Å². The van der Waals surface area contributed by atoms with Crippen molar-refractivity contribution in [1.82, 2.24) is 5.43 Å². The number of carbonyl (C=O) groups is 1. The molecule has 134 valence electrons. The van der Waals surface area contributed by atoms with Crippen molar-refractivity contribution < 1.29 is 9.21 Å². The molecule has 0 spiro atoms. The molecular formula is C21H18N4O2. The van der Waals surface area contributed by atoms with Crippen LogP contribution in [0.3, 0.4) is 0 Å². The molecular weight excluding hydrogens is 340 g/mol. The summed E-state index contributed by atoms with van der Waals surface area (Å²) in [6.07, 6.45) is 1.42. The van der Waals surface area contributed by atoms with Crippen LogP contribution in [0, 0.1) is 25.2 Å². The molecule has 0 saturated carbocycles. The molecule has 0 aliphatic heterocycles. The number of furan rings is 1. The van der Waals surface area contributed by atoms with E-state index in [1.807, 2.05) is 44.2 Å². The van der Waals surface area contributed by atoms with Crippen LogP contribution in [0.2, 0.25) is 0 Å². The Bertz CT molecular complexity index is 1030. The number of hydrazone groups is 1. The average molecular weight is 358 g/mol. The summed E-state index contributed by atoms with van der Waals surface area (Å²) in [6, 6.07) is 17.9. The fourth-order valence-electron chi connectivity index (χ4n) is 2.42. The predicted molar refractivity (Wildman–Crippen MR) is 105 cm³/mol. The van der Waals surface area contributed by atoms with Gasteiger partial charge < -0.3 is 9.73 Å². The average Bonchev–Trinajstić information content (AvgIpc) is 3.14. The lowest BCUT2D eigenvalue weighted by Gasteiger charge is -2.06. The molecule has 0 aliphatic rings. The van der Waals surface area contributed by atoms with E-state index in [9.17, 15) is 4.79 Å². The summed E-state index contributed by atoms with van der Waals surface area (Å²) in [5.74, 6) is 1.15. The van der Waals surface area contributed by atoms with Crippen molar-refractivity contribution >= 4 is 17.9 Å². The van der Waals surface area contributed by atoms with Crippen molar-refractivity contribution in [3.05, 3.63) is 77.0 Å². The lowest BCUT2D eigenvalue weighted by molar-refractivity contribution is 0.252. The molecule has 3 aromatic rings. The van der Waals surface area contributed by atoms with Gasteiger partial charge in [-0.05, 0) is 73.5 Å². The molecule has 2 aromatic carbocycles. The number of rotatable bonds is 4. The van der Waals surface area contributed by atoms with Crippen molar-refractivity contribution in [2.75, 3.05) is 5.32 Å². The number of hydrogen-bond acceptors (Lipinski definition) is 4. The second kappa shape index (κ2) is 8.02. The summed E-state index contributed by atoms with van der Waals surface area (Å²) in [4.78, 5) is 11.9. The van der Waals surface area contributed by atoms with E-state index in [0.29, 0.717) is 22.8 Å². The summed E-state index contributed by atoms with van der Waals surface area (Å²) in [5, 5.41) is 15.4. The first-order valence-electron chi connectivity index (χ1n) is 8.33. The smallest absolute Gasteiger partial charge is 0.339 e. The van der Waals surface area contributed by atoms with Crippen LogP contribution in [0.5, 0.6) is 0 Å². The maximum Gasteiger partial charge on any atom is 0.339 e. The number of anilines is 1. The lowest BCUT2D eigenvalue weighted by atomic mass is 10.1. The third-order valence-corrected chi connectivity index (χ3v) is 4.05. The van der Waals surface area contributed by atoms with E-state index in [1.165, 1.54) is 6.21 Å². The van der Waals surface area contributed by atoms with Crippen LogP contribution in [0.4, 0.5) is 10.5 Å². The highest BCUT2D eigenvalue weighted by Gasteiger charge is 2.04. The number of urea groups is 1. The number of aryl methyl sites for hydroxylation is 2. The van der Waals surface area contributed by atoms with E-state index in [1.54, 1.807) is 24.3 Å². The number of amides is 2. The molecule has 0 bridgehead atoms. The molecule has 0 unspecified atom stereocenters. The third-order valence-electron chi connectivity index (χ3n) is 4.05. The first-order chi connectivity index (χ1) is 13.0. The maximum absolute atomic E-state index is 11.9. The Hall–Kier alpha value is -3.85. The van der Waals surface area contributed by atoms with Crippen molar-refractivity contribution in [3.63, 3.8) is 0 Å². The molecule has 1 aromatic heterocycles. The van der Waals surface area contributed by atoms with Crippen molar-refractivity contribution in [2.24, 2.45) is 5.10 Å². The molecule has 27 heavy (non-hydrogen) atoms. The van der Waals surface area contributed by atoms with E-state index in [-0.39, 0.29) is 0 Å². The molecule has 0 fully saturated rings. The molecule has 0 radical (unpaired) electrons. The van der Waals surface area contributed by atoms with Crippen LogP contribution < -0.4 is 10.7 Å². The van der Waals surface area contributed by atoms with Gasteiger partial charge in [0, 0.05) is 11.3 Å². The molecule has 0 aliphatic carbocycles. The Balaban J connectivity index is 1.58. The molecule has 0 atom stereocenters. The van der Waals surface area contributed by atoms with Gasteiger partial charge in [-0.2, -0.15) is 10.4 Å². The molecule has 1 heterocycles. The number of carbonyl (C=O) groups excluding carboxylic acids is 1. The van der Waals surface area contributed by atoms with Gasteiger partial charge in [0.2, 0.25) is 0 Å². The third kappa shape index (κ3) is 4.61. The SMILES string of the molecule is Cc1ccc(NC(=O)N/N=C/c2ccc(-c3ccc(C#N)cc3)o2)cc1C. The zero-order chi connectivity index (χ0) is 19.2.